The zero-order chi connectivity index (χ0) is 32.7. The minimum Gasteiger partial charge on any atom is -0.315 e. The maximum atomic E-state index is 13.9. The Morgan fingerprint density at radius 1 is 0.696 bits per heavy atom. The molecule has 10 heteroatoms. The van der Waals surface area contributed by atoms with Crippen molar-refractivity contribution < 1.29 is 9.59 Å². The van der Waals surface area contributed by atoms with Gasteiger partial charge in [-0.2, -0.15) is 0 Å². The van der Waals surface area contributed by atoms with Crippen LogP contribution in [0, 0.1) is 10.8 Å². The number of allylic oxidation sites excluding steroid dienone is 1. The standard InChI is InChI=1S/C36H28Br2Cl2N4O2/c1-35(2)31(42(33(35)45)25-14-5-20(37)6-15-25)30-29(41-24-12-9-22(39)10-13-24)27-19-23(40)11-18-28(27)44(30)32-36(3,4)34(46)43(32)26-16-7-21(38)8-17-26/h5-19,32H,1-4H3/b31-30-,41-29?. The summed E-state index contributed by atoms with van der Waals surface area (Å²) >= 11 is 19.9. The van der Waals surface area contributed by atoms with Gasteiger partial charge in [0.1, 0.15) is 6.17 Å². The molecule has 4 aromatic rings. The second-order valence-corrected chi connectivity index (χ2v) is 15.4. The van der Waals surface area contributed by atoms with Gasteiger partial charge < -0.3 is 4.90 Å². The Bertz CT molecular complexity index is 1990. The molecule has 3 heterocycles. The zero-order valence-corrected chi connectivity index (χ0v) is 30.0. The maximum absolute atomic E-state index is 13.9. The largest absolute Gasteiger partial charge is 0.315 e. The number of aliphatic imine (C=N–C) groups is 1. The van der Waals surface area contributed by atoms with Crippen LogP contribution in [-0.4, -0.2) is 23.7 Å². The summed E-state index contributed by atoms with van der Waals surface area (Å²) in [7, 11) is 0. The van der Waals surface area contributed by atoms with Gasteiger partial charge in [0.2, 0.25) is 11.8 Å². The van der Waals surface area contributed by atoms with Crippen molar-refractivity contribution >= 4 is 95.3 Å². The molecule has 4 aromatic carbocycles. The highest BCUT2D eigenvalue weighted by molar-refractivity contribution is 9.10. The van der Waals surface area contributed by atoms with E-state index < -0.39 is 17.0 Å². The Morgan fingerprint density at radius 3 is 1.87 bits per heavy atom. The van der Waals surface area contributed by atoms with Crippen LogP contribution in [0.3, 0.4) is 0 Å². The predicted octanol–water partition coefficient (Wildman–Crippen LogP) is 10.1. The minimum atomic E-state index is -0.867. The molecular weight excluding hydrogens is 751 g/mol. The normalized spacial score (nSPS) is 22.2. The van der Waals surface area contributed by atoms with Gasteiger partial charge in [-0.25, -0.2) is 4.99 Å². The summed E-state index contributed by atoms with van der Waals surface area (Å²) in [6.45, 7) is 7.80. The highest BCUT2D eigenvalue weighted by atomic mass is 79.9. The number of carbonyl (C=O) groups is 2. The van der Waals surface area contributed by atoms with E-state index in [1.807, 2.05) is 111 Å². The van der Waals surface area contributed by atoms with E-state index in [4.69, 9.17) is 28.2 Å². The van der Waals surface area contributed by atoms with Crippen LogP contribution >= 0.6 is 55.1 Å². The number of benzene rings is 4. The molecule has 6 nitrogen and oxygen atoms in total. The number of β-lactam (4-membered cyclic amide) rings is 2. The third kappa shape index (κ3) is 4.76. The SMILES string of the molecule is CC1(C)C(=O)N(c2ccc(Br)cc2)/C1=C1/C(=Nc2ccc(Cl)cc2)c2cc(Cl)ccc2N1C1N(c2ccc(Br)cc2)C(=O)C1(C)C. The van der Waals surface area contributed by atoms with Crippen LogP contribution in [0.5, 0.6) is 0 Å². The summed E-state index contributed by atoms with van der Waals surface area (Å²) in [4.78, 5) is 38.8. The lowest BCUT2D eigenvalue weighted by Crippen LogP contribution is -2.73. The van der Waals surface area contributed by atoms with Crippen molar-refractivity contribution in [2.24, 2.45) is 15.8 Å². The molecule has 1 atom stereocenters. The van der Waals surface area contributed by atoms with Crippen molar-refractivity contribution in [1.82, 2.24) is 0 Å². The van der Waals surface area contributed by atoms with Gasteiger partial charge in [-0.3, -0.25) is 19.4 Å². The number of hydrogen-bond donors (Lipinski definition) is 0. The second-order valence-electron chi connectivity index (χ2n) is 12.7. The fraction of sp³-hybridized carbons (Fsp3) is 0.194. The van der Waals surface area contributed by atoms with Crippen LogP contribution in [0.2, 0.25) is 10.0 Å². The fourth-order valence-corrected chi connectivity index (χ4v) is 7.37. The monoisotopic (exact) mass is 776 g/mol. The molecule has 0 spiro atoms. The van der Waals surface area contributed by atoms with E-state index in [2.05, 4.69) is 36.8 Å². The highest BCUT2D eigenvalue weighted by Crippen LogP contribution is 2.55. The van der Waals surface area contributed by atoms with Crippen molar-refractivity contribution in [3.05, 3.63) is 127 Å². The summed E-state index contributed by atoms with van der Waals surface area (Å²) in [5.41, 5.74) is 4.39. The Hall–Kier alpha value is -3.43. The first-order valence-corrected chi connectivity index (χ1v) is 17.0. The highest BCUT2D eigenvalue weighted by Gasteiger charge is 2.62. The Balaban J connectivity index is 1.54. The average molecular weight is 779 g/mol. The van der Waals surface area contributed by atoms with Crippen LogP contribution in [0.15, 0.2) is 116 Å². The molecule has 0 bridgehead atoms. The molecule has 3 aliphatic rings. The van der Waals surface area contributed by atoms with Crippen molar-refractivity contribution in [3.63, 3.8) is 0 Å². The zero-order valence-electron chi connectivity index (χ0n) is 25.4. The van der Waals surface area contributed by atoms with E-state index in [-0.39, 0.29) is 11.8 Å². The quantitative estimate of drug-likeness (QED) is 0.194. The number of fused-ring (bicyclic) bond motifs is 1. The molecule has 0 aliphatic carbocycles. The molecule has 0 N–H and O–H groups in total. The molecule has 2 fully saturated rings. The number of nitrogens with zero attached hydrogens (tertiary/aromatic N) is 4. The molecule has 3 aliphatic heterocycles. The van der Waals surface area contributed by atoms with Crippen LogP contribution in [0.25, 0.3) is 0 Å². The molecule has 2 amide bonds. The van der Waals surface area contributed by atoms with Gasteiger partial charge in [-0.15, -0.1) is 0 Å². The van der Waals surface area contributed by atoms with Crippen molar-refractivity contribution in [2.75, 3.05) is 14.7 Å². The van der Waals surface area contributed by atoms with E-state index in [0.29, 0.717) is 21.4 Å². The average Bonchev–Trinajstić information content (AvgIpc) is 3.31. The first-order valence-electron chi connectivity index (χ1n) is 14.7. The molecule has 232 valence electrons. The van der Waals surface area contributed by atoms with Crippen LogP contribution in [0.1, 0.15) is 33.3 Å². The van der Waals surface area contributed by atoms with E-state index in [0.717, 1.165) is 43.0 Å². The van der Waals surface area contributed by atoms with Gasteiger partial charge in [0, 0.05) is 35.9 Å². The number of rotatable bonds is 4. The molecular formula is C36H28Br2Cl2N4O2. The van der Waals surface area contributed by atoms with Gasteiger partial charge in [0.25, 0.3) is 0 Å². The lowest BCUT2D eigenvalue weighted by molar-refractivity contribution is -0.137. The lowest BCUT2D eigenvalue weighted by atomic mass is 9.74. The lowest BCUT2D eigenvalue weighted by Gasteiger charge is -2.58. The van der Waals surface area contributed by atoms with Crippen LogP contribution in [-0.2, 0) is 9.59 Å². The van der Waals surface area contributed by atoms with Gasteiger partial charge in [-0.1, -0.05) is 55.1 Å². The van der Waals surface area contributed by atoms with Gasteiger partial charge >= 0.3 is 0 Å². The molecule has 1 unspecified atom stereocenters. The first-order chi connectivity index (χ1) is 21.8. The van der Waals surface area contributed by atoms with E-state index in [9.17, 15) is 9.59 Å². The third-order valence-electron chi connectivity index (χ3n) is 8.88. The molecule has 0 aromatic heterocycles. The van der Waals surface area contributed by atoms with Crippen molar-refractivity contribution in [1.29, 1.82) is 0 Å². The van der Waals surface area contributed by atoms with Crippen molar-refractivity contribution in [2.45, 2.75) is 33.9 Å². The second kappa shape index (κ2) is 11.1. The summed E-state index contributed by atoms with van der Waals surface area (Å²) in [6, 6.07) is 28.4. The molecule has 0 radical (unpaired) electrons. The van der Waals surface area contributed by atoms with Crippen LogP contribution in [0.4, 0.5) is 22.7 Å². The Morgan fingerprint density at radius 2 is 1.26 bits per heavy atom. The summed E-state index contributed by atoms with van der Waals surface area (Å²) < 4.78 is 1.83. The summed E-state index contributed by atoms with van der Waals surface area (Å²) in [5.74, 6) is -0.0395. The molecule has 0 saturated carbocycles. The molecule has 7 rings (SSSR count). The fourth-order valence-electron chi connectivity index (χ4n) is 6.54. The van der Waals surface area contributed by atoms with Gasteiger partial charge in [0.15, 0.2) is 0 Å². The summed E-state index contributed by atoms with van der Waals surface area (Å²) in [6.07, 6.45) is -0.445. The first kappa shape index (κ1) is 31.2. The Labute approximate surface area is 294 Å². The third-order valence-corrected chi connectivity index (χ3v) is 10.4. The maximum Gasteiger partial charge on any atom is 0.243 e. The van der Waals surface area contributed by atoms with Gasteiger partial charge in [0.05, 0.1) is 39.3 Å². The number of amides is 2. The van der Waals surface area contributed by atoms with Gasteiger partial charge in [-0.05, 0) is 119 Å². The number of halogens is 4. The molecule has 46 heavy (non-hydrogen) atoms. The molecule has 2 saturated heterocycles. The van der Waals surface area contributed by atoms with E-state index in [1.165, 1.54) is 0 Å². The van der Waals surface area contributed by atoms with E-state index >= 15 is 0 Å². The minimum absolute atomic E-state index is 0.00325. The predicted molar refractivity (Wildman–Crippen MR) is 193 cm³/mol. The topological polar surface area (TPSA) is 56.2 Å². The van der Waals surface area contributed by atoms with E-state index in [1.54, 1.807) is 17.0 Å². The smallest absolute Gasteiger partial charge is 0.243 e. The number of anilines is 3. The number of hydrogen-bond acceptors (Lipinski definition) is 4. The number of carbonyl (C=O) groups excluding carboxylic acids is 2. The summed E-state index contributed by atoms with van der Waals surface area (Å²) in [5, 5.41) is 1.15. The van der Waals surface area contributed by atoms with Crippen molar-refractivity contribution in [3.8, 4) is 0 Å². The van der Waals surface area contributed by atoms with Crippen LogP contribution < -0.4 is 14.7 Å². The Kier molecular flexibility index (Phi) is 7.51.